The van der Waals surface area contributed by atoms with E-state index in [1.165, 1.54) is 28.5 Å². The van der Waals surface area contributed by atoms with Crippen LogP contribution in [-0.4, -0.2) is 124 Å². The summed E-state index contributed by atoms with van der Waals surface area (Å²) in [5.41, 5.74) is 0.0173. The van der Waals surface area contributed by atoms with Crippen LogP contribution < -0.4 is 0 Å². The van der Waals surface area contributed by atoms with Crippen molar-refractivity contribution in [3.8, 4) is 0 Å². The molecule has 318 valence electrons. The topological polar surface area (TPSA) is 233 Å². The Kier molecular flexibility index (Phi) is 13.5. The van der Waals surface area contributed by atoms with Crippen LogP contribution in [0.15, 0.2) is 74.0 Å². The fourth-order valence-corrected chi connectivity index (χ4v) is 8.04. The van der Waals surface area contributed by atoms with Crippen molar-refractivity contribution in [2.75, 3.05) is 6.61 Å². The summed E-state index contributed by atoms with van der Waals surface area (Å²) < 4.78 is 7.04. The molecular weight excluding hydrogens is 903 g/mol. The number of pyridine rings is 3. The van der Waals surface area contributed by atoms with E-state index in [1.807, 2.05) is 24.3 Å². The second kappa shape index (κ2) is 18.3. The molecule has 0 amide bonds. The number of rotatable bonds is 13. The van der Waals surface area contributed by atoms with E-state index < -0.39 is 21.0 Å². The zero-order valence-electron chi connectivity index (χ0n) is 31.7. The lowest BCUT2D eigenvalue weighted by atomic mass is 9.89. The molecule has 10 rings (SSSR count). The van der Waals surface area contributed by atoms with Gasteiger partial charge < -0.3 is 14.9 Å². The van der Waals surface area contributed by atoms with Crippen LogP contribution in [0.5, 0.6) is 0 Å². The molecule has 0 spiro atoms. The maximum absolute atomic E-state index is 11.0. The number of nitrogens with one attached hydrogen (secondary N) is 1. The summed E-state index contributed by atoms with van der Waals surface area (Å²) in [6, 6.07) is 11.1. The maximum Gasteiger partial charge on any atom is 0.162 e. The number of ether oxygens (including phenoxy) is 1. The van der Waals surface area contributed by atoms with Gasteiger partial charge in [-0.05, 0) is 89.1 Å². The summed E-state index contributed by atoms with van der Waals surface area (Å²) in [6.45, 7) is 1.14. The quantitative estimate of drug-likeness (QED) is 0.0790. The van der Waals surface area contributed by atoms with E-state index in [1.54, 1.807) is 30.7 Å². The number of tetrazole rings is 3. The lowest BCUT2D eigenvalue weighted by Gasteiger charge is -2.32. The van der Waals surface area contributed by atoms with Crippen molar-refractivity contribution in [2.24, 2.45) is 0 Å². The van der Waals surface area contributed by atoms with Crippen molar-refractivity contribution in [3.05, 3.63) is 106 Å². The molecule has 0 aromatic carbocycles. The van der Waals surface area contributed by atoms with E-state index >= 15 is 0 Å². The Morgan fingerprint density at radius 1 is 0.700 bits per heavy atom. The molecule has 3 N–H and O–H groups in total. The molecule has 4 aliphatic rings. The van der Waals surface area contributed by atoms with Gasteiger partial charge in [-0.3, -0.25) is 0 Å². The third-order valence-electron chi connectivity index (χ3n) is 10.9. The Bertz CT molecular complexity index is 2150. The number of hydrogen-bond donors (Lipinski definition) is 3. The molecule has 6 aromatic heterocycles. The lowest BCUT2D eigenvalue weighted by molar-refractivity contribution is 0.00345. The van der Waals surface area contributed by atoms with Gasteiger partial charge in [-0.1, -0.05) is 58.2 Å². The Labute approximate surface area is 373 Å². The van der Waals surface area contributed by atoms with Crippen molar-refractivity contribution in [2.45, 2.75) is 102 Å². The summed E-state index contributed by atoms with van der Waals surface area (Å²) in [7, 11) is 0. The minimum atomic E-state index is -1.19. The number of halogens is 6. The standard InChI is InChI=1S/2C12H13Cl2N5O.C11H11Cl2NO.CH2N4/c13-10-9(2-1-5-15-10)6-12(20,11(14)3-4-11)7-19-8-16-17-18-19;13-10-9(2-1-5-15-10)6-12(20,11(14)3-4-11)7-19-17-8-16-18-19;12-9-8(2-1-5-14-9)6-11(7-15-11)10(13)3-4-10;1-2-4-5-3-1/h2*1-2,5,8,20H,3-4,6-7H2;1-2,5H,3-4,6-7H2;1H,(H,2,3,4,5). The Balaban J connectivity index is 0.000000129. The highest BCUT2D eigenvalue weighted by molar-refractivity contribution is 6.31. The van der Waals surface area contributed by atoms with E-state index in [4.69, 9.17) is 74.3 Å². The SMILES string of the molecule is Clc1ncccc1CC1(C2(Cl)CC2)CO1.OC(Cc1cccnc1Cl)(Cn1cnnn1)C1(Cl)CC1.OC(Cc1cccnc1Cl)(Cn1ncnn1)C1(Cl)CC1.c1nn[nH]n1. The third kappa shape index (κ3) is 10.7. The van der Waals surface area contributed by atoms with Crippen LogP contribution in [0.3, 0.4) is 0 Å². The minimum absolute atomic E-state index is 0.133. The highest BCUT2D eigenvalue weighted by atomic mass is 35.5. The van der Waals surface area contributed by atoms with Gasteiger partial charge in [0.2, 0.25) is 0 Å². The van der Waals surface area contributed by atoms with Gasteiger partial charge in [0.1, 0.15) is 38.6 Å². The fourth-order valence-electron chi connectivity index (χ4n) is 6.77. The molecular formula is C36H39Cl6N15O3. The molecule has 18 nitrogen and oxygen atoms in total. The Morgan fingerprint density at radius 3 is 1.63 bits per heavy atom. The molecule has 1 saturated heterocycles. The van der Waals surface area contributed by atoms with Gasteiger partial charge in [-0.25, -0.2) is 19.6 Å². The fraction of sp³-hybridized carbons (Fsp3) is 0.500. The minimum Gasteiger partial charge on any atom is -0.386 e. The molecule has 0 bridgehead atoms. The van der Waals surface area contributed by atoms with Gasteiger partial charge in [0, 0.05) is 37.9 Å². The second-order valence-electron chi connectivity index (χ2n) is 15.2. The molecule has 6 aromatic rings. The molecule has 24 heteroatoms. The van der Waals surface area contributed by atoms with Crippen molar-refractivity contribution < 1.29 is 14.9 Å². The van der Waals surface area contributed by atoms with Crippen molar-refractivity contribution >= 4 is 69.6 Å². The zero-order chi connectivity index (χ0) is 42.5. The molecule has 3 unspecified atom stereocenters. The first-order valence-electron chi connectivity index (χ1n) is 18.7. The van der Waals surface area contributed by atoms with Crippen molar-refractivity contribution in [3.63, 3.8) is 0 Å². The largest absolute Gasteiger partial charge is 0.386 e. The number of alkyl halides is 3. The molecule has 3 saturated carbocycles. The monoisotopic (exact) mass is 939 g/mol. The smallest absolute Gasteiger partial charge is 0.162 e. The number of aliphatic hydroxyl groups is 2. The lowest BCUT2D eigenvalue weighted by Crippen LogP contribution is -2.47. The summed E-state index contributed by atoms with van der Waals surface area (Å²) in [5.74, 6) is 0. The second-order valence-corrected chi connectivity index (χ2v) is 18.4. The molecule has 60 heavy (non-hydrogen) atoms. The number of aromatic nitrogens is 15. The first kappa shape index (κ1) is 44.3. The van der Waals surface area contributed by atoms with Crippen LogP contribution in [0.1, 0.15) is 55.2 Å². The molecule has 3 aliphatic carbocycles. The molecule has 7 heterocycles. The number of nitrogens with zero attached hydrogens (tertiary/aromatic N) is 14. The van der Waals surface area contributed by atoms with Crippen LogP contribution >= 0.6 is 69.6 Å². The summed E-state index contributed by atoms with van der Waals surface area (Å²) in [4.78, 5) is 12.0. The highest BCUT2D eigenvalue weighted by Gasteiger charge is 2.67. The van der Waals surface area contributed by atoms with Gasteiger partial charge >= 0.3 is 0 Å². The van der Waals surface area contributed by atoms with Gasteiger partial charge in [-0.2, -0.15) is 10.0 Å². The maximum atomic E-state index is 11.0. The van der Waals surface area contributed by atoms with Crippen LogP contribution in [0.4, 0.5) is 0 Å². The predicted octanol–water partition coefficient (Wildman–Crippen LogP) is 4.95. The van der Waals surface area contributed by atoms with E-state index in [0.717, 1.165) is 68.2 Å². The average Bonchev–Trinajstić information content (AvgIpc) is 4.22. The van der Waals surface area contributed by atoms with Crippen LogP contribution in [0.25, 0.3) is 0 Å². The van der Waals surface area contributed by atoms with Crippen LogP contribution in [0.2, 0.25) is 15.5 Å². The van der Waals surface area contributed by atoms with Crippen molar-refractivity contribution in [1.29, 1.82) is 0 Å². The predicted molar refractivity (Wildman–Crippen MR) is 221 cm³/mol. The normalized spacial score (nSPS) is 21.5. The molecule has 1 aliphatic heterocycles. The van der Waals surface area contributed by atoms with Gasteiger partial charge in [0.15, 0.2) is 12.7 Å². The van der Waals surface area contributed by atoms with Crippen LogP contribution in [-0.2, 0) is 37.1 Å². The number of epoxide rings is 1. The summed E-state index contributed by atoms with van der Waals surface area (Å²) in [5, 5.41) is 57.8. The first-order chi connectivity index (χ1) is 28.7. The number of aromatic amines is 1. The van der Waals surface area contributed by atoms with Gasteiger partial charge in [0.25, 0.3) is 0 Å². The molecule has 3 atom stereocenters. The van der Waals surface area contributed by atoms with E-state index in [0.29, 0.717) is 28.3 Å². The van der Waals surface area contributed by atoms with Gasteiger partial charge in [-0.15, -0.1) is 60.3 Å². The Hall–Kier alpha value is -3.72. The number of H-pyrrole nitrogens is 1. The molecule has 0 radical (unpaired) electrons. The van der Waals surface area contributed by atoms with E-state index in [2.05, 4.69) is 66.5 Å². The summed E-state index contributed by atoms with van der Waals surface area (Å²) >= 11 is 37.5. The van der Waals surface area contributed by atoms with Crippen molar-refractivity contribution in [1.82, 2.24) is 76.0 Å². The van der Waals surface area contributed by atoms with E-state index in [9.17, 15) is 10.2 Å². The Morgan fingerprint density at radius 2 is 1.25 bits per heavy atom. The third-order valence-corrected chi connectivity index (χ3v) is 14.1. The van der Waals surface area contributed by atoms with Gasteiger partial charge in [0.05, 0.1) is 34.3 Å². The number of hydrogen-bond acceptors (Lipinski definition) is 15. The zero-order valence-corrected chi connectivity index (χ0v) is 36.3. The van der Waals surface area contributed by atoms with Crippen LogP contribution in [0, 0.1) is 0 Å². The first-order valence-corrected chi connectivity index (χ1v) is 21.0. The molecule has 4 fully saturated rings. The average molecular weight is 943 g/mol. The van der Waals surface area contributed by atoms with E-state index in [-0.39, 0.29) is 23.6 Å². The summed E-state index contributed by atoms with van der Waals surface area (Å²) in [6.07, 6.45) is 15.5. The highest BCUT2D eigenvalue weighted by Crippen LogP contribution is 2.60.